The van der Waals surface area contributed by atoms with Gasteiger partial charge in [-0.3, -0.25) is 0 Å². The number of carbonyl (C=O) groups is 8. The summed E-state index contributed by atoms with van der Waals surface area (Å²) >= 11 is 0. The molecule has 0 aromatic carbocycles. The van der Waals surface area contributed by atoms with Crippen LogP contribution >= 0.6 is 0 Å². The molecule has 4 N–H and O–H groups in total. The molecule has 200 valence electrons. The molecule has 0 rings (SSSR count). The summed E-state index contributed by atoms with van der Waals surface area (Å²) < 4.78 is 0. The van der Waals surface area contributed by atoms with Gasteiger partial charge in [-0.15, -0.1) is 0 Å². The van der Waals surface area contributed by atoms with Gasteiger partial charge in [-0.1, -0.05) is 0 Å². The predicted octanol–water partition coefficient (Wildman–Crippen LogP) is -5.69. The number of hydrogen-bond acceptors (Lipinski definition) is 12. The third-order valence-corrected chi connectivity index (χ3v) is 2.67. The first-order valence-corrected chi connectivity index (χ1v) is 8.65. The van der Waals surface area contributed by atoms with Crippen LogP contribution in [0.4, 0.5) is 0 Å². The van der Waals surface area contributed by atoms with Gasteiger partial charge in [0, 0.05) is 23.3 Å². The van der Waals surface area contributed by atoms with E-state index >= 15 is 0 Å². The van der Waals surface area contributed by atoms with Crippen LogP contribution in [-0.2, 0) is 38.4 Å². The van der Waals surface area contributed by atoms with Crippen molar-refractivity contribution in [2.24, 2.45) is 0 Å². The van der Waals surface area contributed by atoms with Crippen molar-refractivity contribution in [1.29, 1.82) is 0 Å². The number of carbonyl (C=O) groups excluding carboxylic acids is 4. The van der Waals surface area contributed by atoms with Gasteiger partial charge in [-0.25, -0.2) is 19.2 Å². The molecule has 16 nitrogen and oxygen atoms in total. The second-order valence-corrected chi connectivity index (χ2v) is 5.81. The van der Waals surface area contributed by atoms with E-state index in [1.165, 1.54) is 13.8 Å². The van der Waals surface area contributed by atoms with Crippen LogP contribution in [0.1, 0.15) is 27.7 Å². The number of carboxylic acid groups (broad SMARTS) is 8. The molecule has 18 heteroatoms. The summed E-state index contributed by atoms with van der Waals surface area (Å²) in [6.07, 6.45) is 2.22. The van der Waals surface area contributed by atoms with E-state index in [9.17, 15) is 58.8 Å². The van der Waals surface area contributed by atoms with Crippen LogP contribution in [0.5, 0.6) is 0 Å². The van der Waals surface area contributed by atoms with Crippen LogP contribution in [0.15, 0.2) is 46.6 Å². The quantitative estimate of drug-likeness (QED) is 0.136. The van der Waals surface area contributed by atoms with Crippen molar-refractivity contribution in [3.63, 3.8) is 0 Å². The topological polar surface area (TPSA) is 310 Å². The summed E-state index contributed by atoms with van der Waals surface area (Å²) in [4.78, 5) is 78.2. The van der Waals surface area contributed by atoms with E-state index in [1.54, 1.807) is 0 Å². The third kappa shape index (κ3) is 40.8. The van der Waals surface area contributed by atoms with Crippen molar-refractivity contribution in [3.8, 4) is 0 Å². The monoisotopic (exact) mass is 692 g/mol. The molecular formula is C20H20O16Sr2. The molecule has 0 aliphatic carbocycles. The molecule has 0 unspecified atom stereocenters. The zero-order chi connectivity index (χ0) is 29.8. The SMILES string of the molecule is CC(=CC(=O)O)C(=O)O.CC(=CC(=O)O)C(=O)O.CC(=CC(=O)[O-])C(=O)[O-].CC(=CC(=O)[O-])C(=O)[O-].[Sr+2].[Sr+2]. The average Bonchev–Trinajstić information content (AvgIpc) is 2.67. The van der Waals surface area contributed by atoms with E-state index in [0.29, 0.717) is 24.3 Å². The molecule has 0 atom stereocenters. The first-order chi connectivity index (χ1) is 16.1. The molecule has 0 aromatic heterocycles. The van der Waals surface area contributed by atoms with Gasteiger partial charge in [0.1, 0.15) is 0 Å². The van der Waals surface area contributed by atoms with E-state index in [-0.39, 0.29) is 113 Å². The fraction of sp³-hybridized carbons (Fsp3) is 0.200. The van der Waals surface area contributed by atoms with Crippen molar-refractivity contribution < 1.29 is 79.2 Å². The van der Waals surface area contributed by atoms with E-state index in [1.807, 2.05) is 0 Å². The Morgan fingerprint density at radius 2 is 0.658 bits per heavy atom. The van der Waals surface area contributed by atoms with Gasteiger partial charge in [-0.05, 0) is 51.0 Å². The zero-order valence-electron chi connectivity index (χ0n) is 20.4. The largest absolute Gasteiger partial charge is 2.00 e. The molecular weight excluding hydrogens is 671 g/mol. The minimum atomic E-state index is -1.53. The second-order valence-electron chi connectivity index (χ2n) is 5.81. The molecule has 0 radical (unpaired) electrons. The van der Waals surface area contributed by atoms with Crippen molar-refractivity contribution in [2.75, 3.05) is 0 Å². The molecule has 0 amide bonds. The average molecular weight is 692 g/mol. The van der Waals surface area contributed by atoms with Crippen LogP contribution in [0.3, 0.4) is 0 Å². The fourth-order valence-electron chi connectivity index (χ4n) is 0.965. The van der Waals surface area contributed by atoms with Gasteiger partial charge in [-0.2, -0.15) is 0 Å². The zero-order valence-corrected chi connectivity index (χ0v) is 27.4. The first kappa shape index (κ1) is 48.7. The molecule has 0 aliphatic heterocycles. The van der Waals surface area contributed by atoms with Crippen molar-refractivity contribution in [2.45, 2.75) is 27.7 Å². The van der Waals surface area contributed by atoms with Gasteiger partial charge in [0.2, 0.25) is 0 Å². The first-order valence-electron chi connectivity index (χ1n) is 8.65. The molecule has 0 bridgehead atoms. The Balaban J connectivity index is -0.0000000883. The molecule has 0 heterocycles. The molecule has 0 saturated carbocycles. The Bertz CT molecular complexity index is 842. The summed E-state index contributed by atoms with van der Waals surface area (Å²) in [5.41, 5.74) is -1.06. The predicted molar refractivity (Wildman–Crippen MR) is 117 cm³/mol. The maximum absolute atomic E-state index is 9.90. The molecule has 38 heavy (non-hydrogen) atoms. The van der Waals surface area contributed by atoms with Crippen LogP contribution < -0.4 is 20.4 Å². The van der Waals surface area contributed by atoms with Crippen LogP contribution in [0.25, 0.3) is 0 Å². The maximum atomic E-state index is 9.90. The molecule has 0 aromatic rings. The number of carboxylic acids is 8. The van der Waals surface area contributed by atoms with Crippen LogP contribution in [0.2, 0.25) is 0 Å². The summed E-state index contributed by atoms with van der Waals surface area (Å²) in [5.74, 6) is -11.0. The smallest absolute Gasteiger partial charge is 0.545 e. The van der Waals surface area contributed by atoms with Gasteiger partial charge >= 0.3 is 115 Å². The number of hydrogen-bond donors (Lipinski definition) is 4. The molecule has 0 saturated heterocycles. The standard InChI is InChI=1S/4C5H6O4.2Sr/c4*1-3(5(8)9)2-4(6)7;;/h4*2H,1H3,(H,6,7)(H,8,9);;/q;;;;2*+2/p-4. The summed E-state index contributed by atoms with van der Waals surface area (Å²) in [6, 6.07) is 0. The van der Waals surface area contributed by atoms with Crippen molar-refractivity contribution in [1.82, 2.24) is 0 Å². The van der Waals surface area contributed by atoms with E-state index in [0.717, 1.165) is 13.8 Å². The molecule has 0 fully saturated rings. The third-order valence-electron chi connectivity index (χ3n) is 2.67. The minimum absolute atomic E-state index is 0. The minimum Gasteiger partial charge on any atom is -0.545 e. The van der Waals surface area contributed by atoms with Crippen LogP contribution in [-0.4, -0.2) is 159 Å². The summed E-state index contributed by atoms with van der Waals surface area (Å²) in [5, 5.41) is 71.0. The van der Waals surface area contributed by atoms with Crippen molar-refractivity contribution >= 4 is 139 Å². The number of rotatable bonds is 8. The Labute approximate surface area is 288 Å². The summed E-state index contributed by atoms with van der Waals surface area (Å²) in [6.45, 7) is 4.67. The Hall–Kier alpha value is -2.32. The second kappa shape index (κ2) is 27.7. The van der Waals surface area contributed by atoms with Gasteiger partial charge in [0.15, 0.2) is 0 Å². The van der Waals surface area contributed by atoms with Gasteiger partial charge in [0.05, 0.1) is 23.9 Å². The van der Waals surface area contributed by atoms with E-state index in [2.05, 4.69) is 0 Å². The Kier molecular flexibility index (Phi) is 35.5. The van der Waals surface area contributed by atoms with Crippen LogP contribution in [0, 0.1) is 0 Å². The fourth-order valence-corrected chi connectivity index (χ4v) is 0.965. The van der Waals surface area contributed by atoms with E-state index < -0.39 is 47.8 Å². The molecule has 0 spiro atoms. The maximum Gasteiger partial charge on any atom is 2.00 e. The number of aliphatic carboxylic acids is 8. The Morgan fingerprint density at radius 3 is 0.711 bits per heavy atom. The normalized spacial score (nSPS) is 10.4. The van der Waals surface area contributed by atoms with Gasteiger partial charge < -0.3 is 60.0 Å². The Morgan fingerprint density at radius 1 is 0.447 bits per heavy atom. The summed E-state index contributed by atoms with van der Waals surface area (Å²) in [7, 11) is 0. The van der Waals surface area contributed by atoms with Crippen molar-refractivity contribution in [3.05, 3.63) is 46.6 Å². The van der Waals surface area contributed by atoms with E-state index in [4.69, 9.17) is 20.4 Å². The molecule has 0 aliphatic rings. The van der Waals surface area contributed by atoms with Gasteiger partial charge in [0.25, 0.3) is 0 Å².